The molecule has 0 aliphatic carbocycles. The van der Waals surface area contributed by atoms with E-state index in [0.29, 0.717) is 18.8 Å². The molecule has 0 spiro atoms. The fourth-order valence-corrected chi connectivity index (χ4v) is 5.20. The molecule has 2 aromatic rings. The summed E-state index contributed by atoms with van der Waals surface area (Å²) in [7, 11) is -1.80. The quantitative estimate of drug-likeness (QED) is 0.514. The van der Waals surface area contributed by atoms with E-state index in [2.05, 4.69) is 25.7 Å². The van der Waals surface area contributed by atoms with Crippen LogP contribution in [0.5, 0.6) is 0 Å². The normalized spacial score (nSPS) is 24.8. The van der Waals surface area contributed by atoms with Crippen molar-refractivity contribution in [3.63, 3.8) is 0 Å². The number of fused-ring (bicyclic) bond motifs is 1. The Balaban J connectivity index is 1.65. The molecule has 2 aromatic carbocycles. The lowest BCUT2D eigenvalue weighted by Crippen LogP contribution is -2.44. The topological polar surface area (TPSA) is 73.6 Å². The second kappa shape index (κ2) is 8.38. The summed E-state index contributed by atoms with van der Waals surface area (Å²) >= 11 is 0. The first-order valence-electron chi connectivity index (χ1n) is 10.6. The zero-order chi connectivity index (χ0) is 22.2. The van der Waals surface area contributed by atoms with Gasteiger partial charge in [0.2, 0.25) is 11.8 Å². The standard InChI is InChI=1S/C24H27N3O3Si/c1-31(2,3)30-16-21(17-10-6-4-7-11-17)26-15-19-22(20(26)14-25)24(29)27(23(19)28)18-12-8-5-9-13-18/h4-13,19-22H,15-16H2,1-3H3/t19-,20-,21-,22-/m0/s1. The van der Waals surface area contributed by atoms with E-state index in [9.17, 15) is 14.9 Å². The van der Waals surface area contributed by atoms with Crippen LogP contribution < -0.4 is 4.90 Å². The summed E-state index contributed by atoms with van der Waals surface area (Å²) in [6.07, 6.45) is 0. The molecule has 4 atom stereocenters. The van der Waals surface area contributed by atoms with Crippen LogP contribution in [-0.2, 0) is 14.0 Å². The van der Waals surface area contributed by atoms with Crippen LogP contribution in [0.3, 0.4) is 0 Å². The first-order valence-corrected chi connectivity index (χ1v) is 14.0. The Morgan fingerprint density at radius 2 is 1.65 bits per heavy atom. The van der Waals surface area contributed by atoms with Crippen LogP contribution in [0.4, 0.5) is 5.69 Å². The zero-order valence-corrected chi connectivity index (χ0v) is 19.1. The second-order valence-electron chi connectivity index (χ2n) is 9.10. The van der Waals surface area contributed by atoms with E-state index in [1.165, 1.54) is 4.90 Å². The molecule has 2 saturated heterocycles. The largest absolute Gasteiger partial charge is 0.416 e. The Kier molecular flexibility index (Phi) is 5.80. The monoisotopic (exact) mass is 433 g/mol. The first kappa shape index (κ1) is 21.4. The van der Waals surface area contributed by atoms with Gasteiger partial charge in [0.15, 0.2) is 8.32 Å². The number of carbonyl (C=O) groups is 2. The lowest BCUT2D eigenvalue weighted by atomic mass is 9.93. The van der Waals surface area contributed by atoms with Gasteiger partial charge in [-0.15, -0.1) is 0 Å². The van der Waals surface area contributed by atoms with Crippen LogP contribution in [-0.4, -0.2) is 44.2 Å². The minimum absolute atomic E-state index is 0.186. The van der Waals surface area contributed by atoms with Crippen molar-refractivity contribution in [2.75, 3.05) is 18.1 Å². The number of imide groups is 1. The molecule has 6 nitrogen and oxygen atoms in total. The Hall–Kier alpha value is -2.79. The zero-order valence-electron chi connectivity index (χ0n) is 18.1. The highest BCUT2D eigenvalue weighted by atomic mass is 28.4. The third kappa shape index (κ3) is 4.07. The maximum atomic E-state index is 13.3. The van der Waals surface area contributed by atoms with Crippen LogP contribution >= 0.6 is 0 Å². The molecule has 0 bridgehead atoms. The van der Waals surface area contributed by atoms with E-state index in [-0.39, 0.29) is 17.9 Å². The molecule has 2 aliphatic rings. The van der Waals surface area contributed by atoms with Crippen molar-refractivity contribution in [3.8, 4) is 6.07 Å². The van der Waals surface area contributed by atoms with Gasteiger partial charge in [-0.25, -0.2) is 4.90 Å². The van der Waals surface area contributed by atoms with E-state index < -0.39 is 26.2 Å². The molecule has 2 aliphatic heterocycles. The summed E-state index contributed by atoms with van der Waals surface area (Å²) in [5, 5.41) is 10.1. The van der Waals surface area contributed by atoms with Crippen LogP contribution in [0, 0.1) is 23.2 Å². The van der Waals surface area contributed by atoms with Crippen molar-refractivity contribution in [1.29, 1.82) is 5.26 Å². The Morgan fingerprint density at radius 3 is 2.23 bits per heavy atom. The highest BCUT2D eigenvalue weighted by Crippen LogP contribution is 2.43. The number of anilines is 1. The van der Waals surface area contributed by atoms with Gasteiger partial charge in [0, 0.05) is 6.54 Å². The van der Waals surface area contributed by atoms with Crippen molar-refractivity contribution in [3.05, 3.63) is 66.2 Å². The van der Waals surface area contributed by atoms with Crippen molar-refractivity contribution >= 4 is 25.8 Å². The average molecular weight is 434 g/mol. The van der Waals surface area contributed by atoms with E-state index in [0.717, 1.165) is 5.56 Å². The van der Waals surface area contributed by atoms with Gasteiger partial charge in [0.25, 0.3) is 0 Å². The highest BCUT2D eigenvalue weighted by molar-refractivity contribution is 6.69. The molecule has 0 unspecified atom stereocenters. The van der Waals surface area contributed by atoms with Crippen molar-refractivity contribution in [2.24, 2.45) is 11.8 Å². The van der Waals surface area contributed by atoms with Crippen molar-refractivity contribution < 1.29 is 14.0 Å². The predicted octanol–water partition coefficient (Wildman–Crippen LogP) is 3.59. The Bertz CT molecular complexity index is 1000. The number of benzene rings is 2. The number of hydrogen-bond donors (Lipinski definition) is 0. The minimum Gasteiger partial charge on any atom is -0.416 e. The lowest BCUT2D eigenvalue weighted by molar-refractivity contribution is -0.123. The molecule has 0 saturated carbocycles. The van der Waals surface area contributed by atoms with Gasteiger partial charge in [-0.3, -0.25) is 14.5 Å². The van der Waals surface area contributed by atoms with Crippen LogP contribution in [0.25, 0.3) is 0 Å². The fraction of sp³-hybridized carbons (Fsp3) is 0.375. The van der Waals surface area contributed by atoms with E-state index in [4.69, 9.17) is 4.43 Å². The third-order valence-corrected chi connectivity index (χ3v) is 7.02. The number of likely N-dealkylation sites (tertiary alicyclic amines) is 1. The smallest absolute Gasteiger partial charge is 0.240 e. The number of carbonyl (C=O) groups excluding carboxylic acids is 2. The molecule has 0 radical (unpaired) electrons. The summed E-state index contributed by atoms with van der Waals surface area (Å²) in [4.78, 5) is 29.8. The summed E-state index contributed by atoms with van der Waals surface area (Å²) < 4.78 is 6.22. The van der Waals surface area contributed by atoms with E-state index in [1.54, 1.807) is 24.3 Å². The molecule has 31 heavy (non-hydrogen) atoms. The molecule has 7 heteroatoms. The molecule has 160 valence electrons. The van der Waals surface area contributed by atoms with Gasteiger partial charge in [-0.1, -0.05) is 48.5 Å². The van der Waals surface area contributed by atoms with Gasteiger partial charge in [0.05, 0.1) is 36.2 Å². The molecule has 0 N–H and O–H groups in total. The van der Waals surface area contributed by atoms with Gasteiger partial charge in [0.1, 0.15) is 6.04 Å². The van der Waals surface area contributed by atoms with Crippen molar-refractivity contribution in [2.45, 2.75) is 31.7 Å². The van der Waals surface area contributed by atoms with Gasteiger partial charge < -0.3 is 4.43 Å². The summed E-state index contributed by atoms with van der Waals surface area (Å²) in [6.45, 7) is 7.18. The first-order chi connectivity index (χ1) is 14.8. The molecule has 2 amide bonds. The number of rotatable bonds is 6. The summed E-state index contributed by atoms with van der Waals surface area (Å²) in [5.41, 5.74) is 1.60. The van der Waals surface area contributed by atoms with Crippen molar-refractivity contribution in [1.82, 2.24) is 4.90 Å². The van der Waals surface area contributed by atoms with Crippen LogP contribution in [0.15, 0.2) is 60.7 Å². The Morgan fingerprint density at radius 1 is 1.03 bits per heavy atom. The number of para-hydroxylation sites is 1. The average Bonchev–Trinajstić information content (AvgIpc) is 3.24. The van der Waals surface area contributed by atoms with E-state index >= 15 is 0 Å². The molecular formula is C24H27N3O3Si. The molecule has 4 rings (SSSR count). The maximum Gasteiger partial charge on any atom is 0.240 e. The third-order valence-electron chi connectivity index (χ3n) is 5.99. The molecule has 2 heterocycles. The fourth-order valence-electron chi connectivity index (χ4n) is 4.54. The van der Waals surface area contributed by atoms with Gasteiger partial charge in [-0.05, 0) is 37.3 Å². The SMILES string of the molecule is C[Si](C)(C)OC[C@@H](c1ccccc1)N1C[C@@H]2C(=O)N(c3ccccc3)C(=O)[C@@H]2[C@@H]1C#N. The summed E-state index contributed by atoms with van der Waals surface area (Å²) in [5.74, 6) is -1.68. The van der Waals surface area contributed by atoms with Crippen LogP contribution in [0.2, 0.25) is 19.6 Å². The van der Waals surface area contributed by atoms with Crippen LogP contribution in [0.1, 0.15) is 11.6 Å². The lowest BCUT2D eigenvalue weighted by Gasteiger charge is -2.34. The molecule has 0 aromatic heterocycles. The second-order valence-corrected chi connectivity index (χ2v) is 13.6. The van der Waals surface area contributed by atoms with E-state index in [1.807, 2.05) is 41.3 Å². The number of amides is 2. The minimum atomic E-state index is -1.80. The predicted molar refractivity (Wildman–Crippen MR) is 121 cm³/mol. The van der Waals surface area contributed by atoms with Gasteiger partial charge in [-0.2, -0.15) is 5.26 Å². The number of nitriles is 1. The Labute approximate surface area is 184 Å². The highest BCUT2D eigenvalue weighted by Gasteiger charge is 2.59. The van der Waals surface area contributed by atoms with Gasteiger partial charge >= 0.3 is 0 Å². The molecule has 2 fully saturated rings. The molecular weight excluding hydrogens is 406 g/mol. The number of nitrogens with zero attached hydrogens (tertiary/aromatic N) is 3. The summed E-state index contributed by atoms with van der Waals surface area (Å²) in [6, 6.07) is 20.3. The number of hydrogen-bond acceptors (Lipinski definition) is 5. The maximum absolute atomic E-state index is 13.3.